The quantitative estimate of drug-likeness (QED) is 0.678. The minimum atomic E-state index is -0.642. The topological polar surface area (TPSA) is 12.0 Å². The number of hydrogen-bond acceptors (Lipinski definition) is 1. The predicted molar refractivity (Wildman–Crippen MR) is 80.5 cm³/mol. The first-order valence-corrected chi connectivity index (χ1v) is 7.26. The van der Waals surface area contributed by atoms with Crippen LogP contribution < -0.4 is 5.32 Å². The van der Waals surface area contributed by atoms with E-state index >= 15 is 0 Å². The van der Waals surface area contributed by atoms with Gasteiger partial charge in [0.15, 0.2) is 0 Å². The fraction of sp³-hybridized carbons (Fsp3) is 0.0769. The average Bonchev–Trinajstić information content (AvgIpc) is 2.30. The molecule has 0 aliphatic carbocycles. The summed E-state index contributed by atoms with van der Waals surface area (Å²) in [6.45, 7) is 0.285. The Bertz CT molecular complexity index is 597. The van der Waals surface area contributed by atoms with E-state index in [-0.39, 0.29) is 12.2 Å². The van der Waals surface area contributed by atoms with E-state index in [2.05, 4.69) is 37.2 Å². The Labute approximate surface area is 131 Å². The molecule has 1 N–H and O–H groups in total. The first-order chi connectivity index (χ1) is 8.97. The average molecular weight is 411 g/mol. The van der Waals surface area contributed by atoms with E-state index in [9.17, 15) is 8.78 Å². The van der Waals surface area contributed by atoms with Crippen molar-refractivity contribution in [1.29, 1.82) is 0 Å². The Kier molecular flexibility index (Phi) is 4.81. The monoisotopic (exact) mass is 409 g/mol. The van der Waals surface area contributed by atoms with Crippen LogP contribution >= 0.6 is 43.5 Å². The van der Waals surface area contributed by atoms with Gasteiger partial charge in [0.2, 0.25) is 0 Å². The lowest BCUT2D eigenvalue weighted by molar-refractivity contribution is 0.586. The zero-order chi connectivity index (χ0) is 14.0. The van der Waals surface area contributed by atoms with Crippen molar-refractivity contribution in [2.24, 2.45) is 0 Å². The molecule has 2 aromatic carbocycles. The maximum absolute atomic E-state index is 13.6. The molecule has 1 nitrogen and oxygen atoms in total. The number of nitrogens with one attached hydrogen (secondary N) is 1. The molecule has 0 fully saturated rings. The molecule has 0 aromatic heterocycles. The molecular formula is C13H8Br2ClF2N. The lowest BCUT2D eigenvalue weighted by Crippen LogP contribution is -2.04. The molecular weight excluding hydrogens is 403 g/mol. The van der Waals surface area contributed by atoms with E-state index in [1.807, 2.05) is 0 Å². The summed E-state index contributed by atoms with van der Waals surface area (Å²) in [6, 6.07) is 7.66. The molecule has 0 saturated carbocycles. The van der Waals surface area contributed by atoms with Crippen molar-refractivity contribution in [1.82, 2.24) is 0 Å². The van der Waals surface area contributed by atoms with Gasteiger partial charge < -0.3 is 5.32 Å². The summed E-state index contributed by atoms with van der Waals surface area (Å²) in [5, 5.41) is 3.34. The molecule has 2 rings (SSSR count). The molecule has 0 heterocycles. The largest absolute Gasteiger partial charge is 0.376 e. The Morgan fingerprint density at radius 3 is 2.26 bits per heavy atom. The number of halogens is 5. The summed E-state index contributed by atoms with van der Waals surface area (Å²) in [5.74, 6) is -1.28. The zero-order valence-electron chi connectivity index (χ0n) is 9.48. The first-order valence-electron chi connectivity index (χ1n) is 5.29. The molecule has 0 saturated heterocycles. The van der Waals surface area contributed by atoms with Crippen molar-refractivity contribution < 1.29 is 8.78 Å². The second kappa shape index (κ2) is 6.20. The van der Waals surface area contributed by atoms with Gasteiger partial charge in [-0.05, 0) is 29.8 Å². The van der Waals surface area contributed by atoms with Gasteiger partial charge in [-0.25, -0.2) is 8.78 Å². The Morgan fingerprint density at radius 1 is 1.05 bits per heavy atom. The lowest BCUT2D eigenvalue weighted by atomic mass is 10.2. The molecule has 0 amide bonds. The second-order valence-electron chi connectivity index (χ2n) is 3.83. The van der Waals surface area contributed by atoms with Crippen LogP contribution in [0.3, 0.4) is 0 Å². The Morgan fingerprint density at radius 2 is 1.68 bits per heavy atom. The summed E-state index contributed by atoms with van der Waals surface area (Å²) in [7, 11) is 0. The molecule has 0 aliphatic heterocycles. The van der Waals surface area contributed by atoms with Crippen LogP contribution in [0, 0.1) is 11.6 Å². The highest BCUT2D eigenvalue weighted by Gasteiger charge is 2.10. The molecule has 0 bridgehead atoms. The molecule has 100 valence electrons. The van der Waals surface area contributed by atoms with E-state index in [0.717, 1.165) is 10.0 Å². The van der Waals surface area contributed by atoms with E-state index in [1.54, 1.807) is 18.2 Å². The number of rotatable bonds is 3. The third-order valence-corrected chi connectivity index (χ3v) is 3.91. The maximum atomic E-state index is 13.6. The normalized spacial score (nSPS) is 10.6. The van der Waals surface area contributed by atoms with Crippen LogP contribution in [0.1, 0.15) is 5.56 Å². The summed E-state index contributed by atoms with van der Waals surface area (Å²) >= 11 is 12.2. The van der Waals surface area contributed by atoms with Crippen molar-refractivity contribution in [3.05, 3.63) is 61.5 Å². The fourth-order valence-electron chi connectivity index (χ4n) is 1.56. The standard InChI is InChI=1S/C13H8Br2ClF2N/c14-8-3-11(17)13(12(18)4-8)19-6-7-1-2-9(16)5-10(7)15/h1-5,19H,6H2. The third kappa shape index (κ3) is 3.68. The molecule has 0 spiro atoms. The highest BCUT2D eigenvalue weighted by Crippen LogP contribution is 2.26. The number of hydrogen-bond donors (Lipinski definition) is 1. The highest BCUT2D eigenvalue weighted by atomic mass is 79.9. The van der Waals surface area contributed by atoms with Crippen LogP contribution in [-0.4, -0.2) is 0 Å². The molecule has 0 radical (unpaired) electrons. The van der Waals surface area contributed by atoms with Crippen molar-refractivity contribution in [2.45, 2.75) is 6.54 Å². The minimum Gasteiger partial charge on any atom is -0.376 e. The molecule has 6 heteroatoms. The van der Waals surface area contributed by atoms with Gasteiger partial charge in [0.1, 0.15) is 17.3 Å². The van der Waals surface area contributed by atoms with Crippen molar-refractivity contribution in [2.75, 3.05) is 5.32 Å². The molecule has 2 aromatic rings. The molecule has 0 aliphatic rings. The smallest absolute Gasteiger partial charge is 0.150 e. The zero-order valence-corrected chi connectivity index (χ0v) is 13.4. The van der Waals surface area contributed by atoms with Crippen LogP contribution in [-0.2, 0) is 6.54 Å². The van der Waals surface area contributed by atoms with Gasteiger partial charge in [-0.2, -0.15) is 0 Å². The van der Waals surface area contributed by atoms with E-state index in [0.29, 0.717) is 9.50 Å². The Balaban J connectivity index is 2.19. The highest BCUT2D eigenvalue weighted by molar-refractivity contribution is 9.10. The van der Waals surface area contributed by atoms with Crippen molar-refractivity contribution >= 4 is 49.1 Å². The van der Waals surface area contributed by atoms with Gasteiger partial charge in [0.25, 0.3) is 0 Å². The van der Waals surface area contributed by atoms with Gasteiger partial charge in [0, 0.05) is 20.5 Å². The van der Waals surface area contributed by atoms with E-state index < -0.39 is 11.6 Å². The van der Waals surface area contributed by atoms with Crippen molar-refractivity contribution in [3.8, 4) is 0 Å². The summed E-state index contributed by atoms with van der Waals surface area (Å²) < 4.78 is 28.4. The Hall–Kier alpha value is -0.650. The van der Waals surface area contributed by atoms with Crippen LogP contribution in [0.2, 0.25) is 5.02 Å². The van der Waals surface area contributed by atoms with Gasteiger partial charge in [-0.1, -0.05) is 49.5 Å². The number of benzene rings is 2. The predicted octanol–water partition coefficient (Wildman–Crippen LogP) is 5.76. The van der Waals surface area contributed by atoms with E-state index in [4.69, 9.17) is 11.6 Å². The lowest BCUT2D eigenvalue weighted by Gasteiger charge is -2.10. The minimum absolute atomic E-state index is 0.148. The van der Waals surface area contributed by atoms with Crippen LogP contribution in [0.15, 0.2) is 39.3 Å². The van der Waals surface area contributed by atoms with Gasteiger partial charge in [-0.15, -0.1) is 0 Å². The third-order valence-electron chi connectivity index (χ3n) is 2.48. The van der Waals surface area contributed by atoms with Crippen molar-refractivity contribution in [3.63, 3.8) is 0 Å². The van der Waals surface area contributed by atoms with Gasteiger partial charge in [-0.3, -0.25) is 0 Å². The van der Waals surface area contributed by atoms with Crippen LogP contribution in [0.4, 0.5) is 14.5 Å². The van der Waals surface area contributed by atoms with Gasteiger partial charge >= 0.3 is 0 Å². The first kappa shape index (κ1) is 14.8. The number of anilines is 1. The second-order valence-corrected chi connectivity index (χ2v) is 6.04. The fourth-order valence-corrected chi connectivity index (χ4v) is 2.78. The van der Waals surface area contributed by atoms with E-state index in [1.165, 1.54) is 12.1 Å². The molecule has 0 atom stereocenters. The molecule has 0 unspecified atom stereocenters. The summed E-state index contributed by atoms with van der Waals surface area (Å²) in [5.41, 5.74) is 0.705. The summed E-state index contributed by atoms with van der Waals surface area (Å²) in [6.07, 6.45) is 0. The van der Waals surface area contributed by atoms with Crippen LogP contribution in [0.25, 0.3) is 0 Å². The molecule has 19 heavy (non-hydrogen) atoms. The SMILES string of the molecule is Fc1cc(Br)cc(F)c1NCc1ccc(Cl)cc1Br. The maximum Gasteiger partial charge on any atom is 0.150 e. The van der Waals surface area contributed by atoms with Crippen LogP contribution in [0.5, 0.6) is 0 Å². The summed E-state index contributed by atoms with van der Waals surface area (Å²) in [4.78, 5) is 0. The van der Waals surface area contributed by atoms with Gasteiger partial charge in [0.05, 0.1) is 0 Å².